The van der Waals surface area contributed by atoms with Gasteiger partial charge in [0, 0.05) is 6.04 Å². The highest BCUT2D eigenvalue weighted by molar-refractivity contribution is 5.81. The van der Waals surface area contributed by atoms with Crippen molar-refractivity contribution < 1.29 is 9.18 Å². The van der Waals surface area contributed by atoms with Gasteiger partial charge in [-0.3, -0.25) is 10.1 Å². The molecule has 3 nitrogen and oxygen atoms in total. The second-order valence-corrected chi connectivity index (χ2v) is 6.22. The number of benzene rings is 1. The summed E-state index contributed by atoms with van der Waals surface area (Å²) in [4.78, 5) is 14.2. The van der Waals surface area contributed by atoms with Gasteiger partial charge in [0.2, 0.25) is 5.91 Å². The lowest BCUT2D eigenvalue weighted by atomic mass is 9.83. The first kappa shape index (κ1) is 14.5. The van der Waals surface area contributed by atoms with Gasteiger partial charge in [-0.25, -0.2) is 4.39 Å². The highest BCUT2D eigenvalue weighted by atomic mass is 19.1. The fraction of sp³-hybridized carbons (Fsp3) is 0.588. The Morgan fingerprint density at radius 1 is 1.29 bits per heavy atom. The fourth-order valence-corrected chi connectivity index (χ4v) is 3.72. The van der Waals surface area contributed by atoms with Crippen molar-refractivity contribution >= 4 is 5.91 Å². The highest BCUT2D eigenvalue weighted by Crippen LogP contribution is 2.34. The molecular formula is C17H23FN2O. The minimum atomic E-state index is -0.247. The summed E-state index contributed by atoms with van der Waals surface area (Å²) in [5, 5.41) is 3.23. The molecule has 1 atom stereocenters. The van der Waals surface area contributed by atoms with Crippen molar-refractivity contribution in [3.8, 4) is 0 Å². The zero-order chi connectivity index (χ0) is 14.8. The molecule has 0 radical (unpaired) electrons. The van der Waals surface area contributed by atoms with Crippen LogP contribution in [0.1, 0.15) is 50.8 Å². The zero-order valence-corrected chi connectivity index (χ0v) is 12.5. The van der Waals surface area contributed by atoms with Gasteiger partial charge >= 0.3 is 0 Å². The van der Waals surface area contributed by atoms with E-state index in [1.807, 2.05) is 11.0 Å². The summed E-state index contributed by atoms with van der Waals surface area (Å²) in [7, 11) is 0. The van der Waals surface area contributed by atoms with E-state index in [1.54, 1.807) is 6.07 Å². The van der Waals surface area contributed by atoms with E-state index in [4.69, 9.17) is 0 Å². The van der Waals surface area contributed by atoms with Crippen LogP contribution < -0.4 is 5.32 Å². The van der Waals surface area contributed by atoms with Gasteiger partial charge in [0.1, 0.15) is 12.0 Å². The SMILES string of the molecule is CCC1CCC(N2C(=O)CNC2c2cccc(F)c2)CC1. The van der Waals surface area contributed by atoms with Crippen LogP contribution in [-0.4, -0.2) is 23.4 Å². The number of carbonyl (C=O) groups excluding carboxylic acids is 1. The molecule has 0 aromatic heterocycles. The quantitative estimate of drug-likeness (QED) is 0.927. The predicted octanol–water partition coefficient (Wildman–Crippen LogP) is 3.22. The number of hydrogen-bond donors (Lipinski definition) is 1. The van der Waals surface area contributed by atoms with E-state index in [9.17, 15) is 9.18 Å². The summed E-state index contributed by atoms with van der Waals surface area (Å²) in [6, 6.07) is 6.87. The summed E-state index contributed by atoms with van der Waals surface area (Å²) in [5.41, 5.74) is 0.846. The molecule has 0 spiro atoms. The Hall–Kier alpha value is -1.42. The Labute approximate surface area is 125 Å². The summed E-state index contributed by atoms with van der Waals surface area (Å²) in [5.74, 6) is 0.701. The lowest BCUT2D eigenvalue weighted by molar-refractivity contribution is -0.131. The first-order chi connectivity index (χ1) is 10.2. The Morgan fingerprint density at radius 3 is 2.71 bits per heavy atom. The van der Waals surface area contributed by atoms with Crippen LogP contribution in [0.4, 0.5) is 4.39 Å². The third-order valence-corrected chi connectivity index (χ3v) is 4.96. The molecule has 1 aromatic rings. The van der Waals surface area contributed by atoms with E-state index < -0.39 is 0 Å². The van der Waals surface area contributed by atoms with E-state index in [-0.39, 0.29) is 17.9 Å². The predicted molar refractivity (Wildman–Crippen MR) is 80.0 cm³/mol. The van der Waals surface area contributed by atoms with Gasteiger partial charge in [-0.15, -0.1) is 0 Å². The molecule has 2 fully saturated rings. The molecule has 1 heterocycles. The molecule has 21 heavy (non-hydrogen) atoms. The minimum absolute atomic E-state index is 0.143. The van der Waals surface area contributed by atoms with Crippen molar-refractivity contribution in [1.29, 1.82) is 0 Å². The first-order valence-corrected chi connectivity index (χ1v) is 7.99. The molecule has 1 aliphatic heterocycles. The Balaban J connectivity index is 1.77. The van der Waals surface area contributed by atoms with Gasteiger partial charge in [-0.1, -0.05) is 25.5 Å². The molecule has 1 unspecified atom stereocenters. The largest absolute Gasteiger partial charge is 0.319 e. The van der Waals surface area contributed by atoms with Gasteiger partial charge in [-0.2, -0.15) is 0 Å². The molecule has 2 aliphatic rings. The Kier molecular flexibility index (Phi) is 4.24. The van der Waals surface area contributed by atoms with Crippen LogP contribution in [0.5, 0.6) is 0 Å². The zero-order valence-electron chi connectivity index (χ0n) is 12.5. The molecule has 1 aliphatic carbocycles. The van der Waals surface area contributed by atoms with Crippen molar-refractivity contribution in [2.24, 2.45) is 5.92 Å². The number of rotatable bonds is 3. The van der Waals surface area contributed by atoms with Gasteiger partial charge in [-0.05, 0) is 49.3 Å². The van der Waals surface area contributed by atoms with E-state index in [1.165, 1.54) is 31.4 Å². The van der Waals surface area contributed by atoms with Gasteiger partial charge in [0.15, 0.2) is 0 Å². The van der Waals surface area contributed by atoms with Gasteiger partial charge in [0.05, 0.1) is 6.54 Å². The number of amides is 1. The summed E-state index contributed by atoms with van der Waals surface area (Å²) in [6.07, 6.45) is 5.58. The molecule has 114 valence electrons. The molecule has 0 bridgehead atoms. The standard InChI is InChI=1S/C17H23FN2O/c1-2-12-6-8-15(9-7-12)20-16(21)11-19-17(20)13-4-3-5-14(18)10-13/h3-5,10,12,15,17,19H,2,6-9,11H2,1H3. The number of nitrogens with zero attached hydrogens (tertiary/aromatic N) is 1. The fourth-order valence-electron chi connectivity index (χ4n) is 3.72. The molecule has 4 heteroatoms. The van der Waals surface area contributed by atoms with E-state index >= 15 is 0 Å². The molecule has 1 saturated carbocycles. The lowest BCUT2D eigenvalue weighted by Crippen LogP contribution is -2.41. The van der Waals surface area contributed by atoms with E-state index in [2.05, 4.69) is 12.2 Å². The third kappa shape index (κ3) is 2.95. The number of hydrogen-bond acceptors (Lipinski definition) is 2. The molecule has 1 saturated heterocycles. The van der Waals surface area contributed by atoms with Gasteiger partial charge in [0.25, 0.3) is 0 Å². The molecule has 1 N–H and O–H groups in total. The van der Waals surface area contributed by atoms with Gasteiger partial charge < -0.3 is 4.90 Å². The average Bonchev–Trinajstić information content (AvgIpc) is 2.89. The van der Waals surface area contributed by atoms with Crippen molar-refractivity contribution in [1.82, 2.24) is 10.2 Å². The van der Waals surface area contributed by atoms with Crippen LogP contribution >= 0.6 is 0 Å². The monoisotopic (exact) mass is 290 g/mol. The van der Waals surface area contributed by atoms with Crippen molar-refractivity contribution in [2.75, 3.05) is 6.54 Å². The van der Waals surface area contributed by atoms with E-state index in [0.717, 1.165) is 24.3 Å². The summed E-state index contributed by atoms with van der Waals surface area (Å²) < 4.78 is 13.5. The maximum Gasteiger partial charge on any atom is 0.238 e. The summed E-state index contributed by atoms with van der Waals surface area (Å²) in [6.45, 7) is 2.60. The maximum atomic E-state index is 13.5. The van der Waals surface area contributed by atoms with Crippen LogP contribution in [0.15, 0.2) is 24.3 Å². The molecule has 1 aromatic carbocycles. The summed E-state index contributed by atoms with van der Waals surface area (Å²) >= 11 is 0. The van der Waals surface area contributed by atoms with Crippen LogP contribution in [0.3, 0.4) is 0 Å². The normalized spacial score (nSPS) is 29.9. The first-order valence-electron chi connectivity index (χ1n) is 7.99. The lowest BCUT2D eigenvalue weighted by Gasteiger charge is -2.37. The van der Waals surface area contributed by atoms with Crippen molar-refractivity contribution in [2.45, 2.75) is 51.2 Å². The topological polar surface area (TPSA) is 32.3 Å². The third-order valence-electron chi connectivity index (χ3n) is 4.96. The molecule has 3 rings (SSSR count). The van der Waals surface area contributed by atoms with Crippen molar-refractivity contribution in [3.05, 3.63) is 35.6 Å². The average molecular weight is 290 g/mol. The number of nitrogens with one attached hydrogen (secondary N) is 1. The minimum Gasteiger partial charge on any atom is -0.319 e. The number of halogens is 1. The smallest absolute Gasteiger partial charge is 0.238 e. The Bertz CT molecular complexity index is 511. The van der Waals surface area contributed by atoms with Crippen LogP contribution in [0, 0.1) is 11.7 Å². The van der Waals surface area contributed by atoms with Crippen LogP contribution in [0.2, 0.25) is 0 Å². The van der Waals surface area contributed by atoms with Crippen molar-refractivity contribution in [3.63, 3.8) is 0 Å². The Morgan fingerprint density at radius 2 is 2.05 bits per heavy atom. The maximum absolute atomic E-state index is 13.5. The van der Waals surface area contributed by atoms with Crippen LogP contribution in [0.25, 0.3) is 0 Å². The molecular weight excluding hydrogens is 267 g/mol. The van der Waals surface area contributed by atoms with Crippen LogP contribution in [-0.2, 0) is 4.79 Å². The van der Waals surface area contributed by atoms with E-state index in [0.29, 0.717) is 12.6 Å². The molecule has 1 amide bonds. The highest BCUT2D eigenvalue weighted by Gasteiger charge is 2.38. The second-order valence-electron chi connectivity index (χ2n) is 6.22. The second kappa shape index (κ2) is 6.14. The number of carbonyl (C=O) groups is 1.